The van der Waals surface area contributed by atoms with Gasteiger partial charge in [0.2, 0.25) is 11.8 Å². The first-order valence-corrected chi connectivity index (χ1v) is 9.65. The molecular weight excluding hydrogens is 360 g/mol. The number of anilines is 1. The van der Waals surface area contributed by atoms with Crippen molar-refractivity contribution in [3.8, 4) is 0 Å². The molecule has 5 heteroatoms. The molecule has 0 saturated heterocycles. The van der Waals surface area contributed by atoms with Crippen LogP contribution in [0, 0.1) is 12.3 Å². The molecule has 0 heterocycles. The van der Waals surface area contributed by atoms with E-state index < -0.39 is 5.41 Å². The van der Waals surface area contributed by atoms with Crippen LogP contribution in [0.1, 0.15) is 49.3 Å². The molecule has 1 saturated carbocycles. The lowest BCUT2D eigenvalue weighted by molar-refractivity contribution is -0.134. The maximum Gasteiger partial charge on any atom is 0.240 e. The number of hydrogen-bond donors (Lipinski definition) is 2. The highest BCUT2D eigenvalue weighted by Crippen LogP contribution is 2.47. The fourth-order valence-electron chi connectivity index (χ4n) is 3.21. The second kappa shape index (κ2) is 7.73. The van der Waals surface area contributed by atoms with Gasteiger partial charge < -0.3 is 10.6 Å². The van der Waals surface area contributed by atoms with Crippen molar-refractivity contribution >= 4 is 29.1 Å². The Labute approximate surface area is 165 Å². The number of nitrogens with one attached hydrogen (secondary N) is 2. The van der Waals surface area contributed by atoms with Gasteiger partial charge in [0, 0.05) is 17.3 Å². The molecule has 0 bridgehead atoms. The highest BCUT2D eigenvalue weighted by atomic mass is 35.5. The summed E-state index contributed by atoms with van der Waals surface area (Å²) in [6, 6.07) is 13.3. The molecule has 2 N–H and O–H groups in total. The van der Waals surface area contributed by atoms with E-state index in [2.05, 4.69) is 24.5 Å². The van der Waals surface area contributed by atoms with Crippen molar-refractivity contribution in [2.24, 2.45) is 5.41 Å². The van der Waals surface area contributed by atoms with E-state index in [4.69, 9.17) is 11.6 Å². The highest BCUT2D eigenvalue weighted by molar-refractivity contribution is 6.30. The van der Waals surface area contributed by atoms with Gasteiger partial charge in [0.05, 0.1) is 0 Å². The minimum Gasteiger partial charge on any atom is -0.351 e. The summed E-state index contributed by atoms with van der Waals surface area (Å²) in [5, 5.41) is 6.58. The van der Waals surface area contributed by atoms with Gasteiger partial charge in [-0.3, -0.25) is 9.59 Å². The predicted molar refractivity (Wildman–Crippen MR) is 109 cm³/mol. The first-order chi connectivity index (χ1) is 12.8. The number of aryl methyl sites for hydroxylation is 1. The number of rotatable bonds is 6. The highest BCUT2D eigenvalue weighted by Gasteiger charge is 2.56. The lowest BCUT2D eigenvalue weighted by atomic mass is 9.97. The van der Waals surface area contributed by atoms with Gasteiger partial charge in [0.1, 0.15) is 5.41 Å². The van der Waals surface area contributed by atoms with E-state index in [0.717, 1.165) is 22.4 Å². The Bertz CT molecular complexity index is 855. The average Bonchev–Trinajstić information content (AvgIpc) is 3.44. The summed E-state index contributed by atoms with van der Waals surface area (Å²) in [6.07, 6.45) is 1.16. The summed E-state index contributed by atoms with van der Waals surface area (Å²) < 4.78 is 0. The van der Waals surface area contributed by atoms with Gasteiger partial charge in [-0.25, -0.2) is 0 Å². The average molecular weight is 385 g/mol. The van der Waals surface area contributed by atoms with Crippen LogP contribution in [-0.4, -0.2) is 11.8 Å². The standard InChI is InChI=1S/C22H25ClN2O2/c1-14(2)18-6-4-5-15(3)19(18)25-21(27)22(11-12-22)20(26)24-13-16-7-9-17(23)10-8-16/h4-10,14H,11-13H2,1-3H3,(H,24,26)(H,25,27). The Morgan fingerprint density at radius 2 is 1.74 bits per heavy atom. The molecule has 3 rings (SSSR count). The topological polar surface area (TPSA) is 58.2 Å². The van der Waals surface area contributed by atoms with Crippen molar-refractivity contribution in [3.05, 3.63) is 64.2 Å². The zero-order chi connectivity index (χ0) is 19.6. The van der Waals surface area contributed by atoms with Gasteiger partial charge in [0.25, 0.3) is 0 Å². The summed E-state index contributed by atoms with van der Waals surface area (Å²) in [5.41, 5.74) is 2.91. The number of halogens is 1. The molecule has 2 aromatic carbocycles. The summed E-state index contributed by atoms with van der Waals surface area (Å²) in [6.45, 7) is 6.54. The van der Waals surface area contributed by atoms with Crippen molar-refractivity contribution in [1.82, 2.24) is 5.32 Å². The van der Waals surface area contributed by atoms with Gasteiger partial charge in [0.15, 0.2) is 0 Å². The Morgan fingerprint density at radius 3 is 2.33 bits per heavy atom. The molecule has 27 heavy (non-hydrogen) atoms. The van der Waals surface area contributed by atoms with Crippen LogP contribution in [0.4, 0.5) is 5.69 Å². The Kier molecular flexibility index (Phi) is 5.56. The van der Waals surface area contributed by atoms with E-state index in [1.165, 1.54) is 0 Å². The molecule has 1 aliphatic carbocycles. The third-order valence-corrected chi connectivity index (χ3v) is 5.40. The molecule has 0 atom stereocenters. The second-order valence-electron chi connectivity index (χ2n) is 7.54. The minimum atomic E-state index is -0.955. The number of hydrogen-bond acceptors (Lipinski definition) is 2. The molecule has 142 valence electrons. The lowest BCUT2D eigenvalue weighted by Crippen LogP contribution is -2.39. The zero-order valence-electron chi connectivity index (χ0n) is 15.9. The summed E-state index contributed by atoms with van der Waals surface area (Å²) in [7, 11) is 0. The second-order valence-corrected chi connectivity index (χ2v) is 7.98. The van der Waals surface area contributed by atoms with Crippen LogP contribution in [-0.2, 0) is 16.1 Å². The van der Waals surface area contributed by atoms with Crippen LogP contribution in [0.15, 0.2) is 42.5 Å². The Hall–Kier alpha value is -2.33. The summed E-state index contributed by atoms with van der Waals surface area (Å²) in [4.78, 5) is 25.6. The molecular formula is C22H25ClN2O2. The SMILES string of the molecule is Cc1cccc(C(C)C)c1NC(=O)C1(C(=O)NCc2ccc(Cl)cc2)CC1. The van der Waals surface area contributed by atoms with Crippen molar-refractivity contribution in [2.45, 2.75) is 46.1 Å². The van der Waals surface area contributed by atoms with Crippen LogP contribution in [0.2, 0.25) is 5.02 Å². The largest absolute Gasteiger partial charge is 0.351 e. The fourth-order valence-corrected chi connectivity index (χ4v) is 3.34. The molecule has 2 amide bonds. The van der Waals surface area contributed by atoms with Crippen molar-refractivity contribution < 1.29 is 9.59 Å². The van der Waals surface area contributed by atoms with E-state index in [1.54, 1.807) is 12.1 Å². The van der Waals surface area contributed by atoms with E-state index in [1.807, 2.05) is 37.3 Å². The third kappa shape index (κ3) is 4.16. The first-order valence-electron chi connectivity index (χ1n) is 9.27. The number of carbonyl (C=O) groups excluding carboxylic acids is 2. The van der Waals surface area contributed by atoms with E-state index in [0.29, 0.717) is 24.4 Å². The molecule has 0 spiro atoms. The smallest absolute Gasteiger partial charge is 0.240 e. The van der Waals surface area contributed by atoms with Gasteiger partial charge in [-0.05, 0) is 54.5 Å². The third-order valence-electron chi connectivity index (χ3n) is 5.15. The predicted octanol–water partition coefficient (Wildman–Crippen LogP) is 4.81. The molecule has 1 fully saturated rings. The molecule has 1 aliphatic rings. The van der Waals surface area contributed by atoms with Crippen molar-refractivity contribution in [1.29, 1.82) is 0 Å². The van der Waals surface area contributed by atoms with Gasteiger partial charge >= 0.3 is 0 Å². The molecule has 4 nitrogen and oxygen atoms in total. The van der Waals surface area contributed by atoms with Crippen molar-refractivity contribution in [3.63, 3.8) is 0 Å². The van der Waals surface area contributed by atoms with Crippen LogP contribution < -0.4 is 10.6 Å². The lowest BCUT2D eigenvalue weighted by Gasteiger charge is -2.20. The van der Waals surface area contributed by atoms with Gasteiger partial charge in [-0.2, -0.15) is 0 Å². The molecule has 2 aromatic rings. The van der Waals surface area contributed by atoms with E-state index in [9.17, 15) is 9.59 Å². The van der Waals surface area contributed by atoms with E-state index >= 15 is 0 Å². The monoisotopic (exact) mass is 384 g/mol. The van der Waals surface area contributed by atoms with Crippen LogP contribution >= 0.6 is 11.6 Å². The zero-order valence-corrected chi connectivity index (χ0v) is 16.7. The number of para-hydroxylation sites is 1. The summed E-state index contributed by atoms with van der Waals surface area (Å²) >= 11 is 5.88. The van der Waals surface area contributed by atoms with Gasteiger partial charge in [-0.15, -0.1) is 0 Å². The number of benzene rings is 2. The summed E-state index contributed by atoms with van der Waals surface area (Å²) in [5.74, 6) is -0.143. The molecule has 0 unspecified atom stereocenters. The maximum absolute atomic E-state index is 12.9. The molecule has 0 radical (unpaired) electrons. The number of carbonyl (C=O) groups is 2. The molecule has 0 aromatic heterocycles. The van der Waals surface area contributed by atoms with Crippen LogP contribution in [0.25, 0.3) is 0 Å². The first kappa shape index (κ1) is 19.4. The van der Waals surface area contributed by atoms with Gasteiger partial charge in [-0.1, -0.05) is 55.8 Å². The maximum atomic E-state index is 12.9. The fraction of sp³-hybridized carbons (Fsp3) is 0.364. The van der Waals surface area contributed by atoms with Crippen LogP contribution in [0.3, 0.4) is 0 Å². The molecule has 0 aliphatic heterocycles. The van der Waals surface area contributed by atoms with Crippen molar-refractivity contribution in [2.75, 3.05) is 5.32 Å². The Balaban J connectivity index is 1.69. The quantitative estimate of drug-likeness (QED) is 0.702. The Morgan fingerprint density at radius 1 is 1.07 bits per heavy atom. The minimum absolute atomic E-state index is 0.213. The van der Waals surface area contributed by atoms with E-state index in [-0.39, 0.29) is 17.7 Å². The normalized spacial score (nSPS) is 14.7. The van der Waals surface area contributed by atoms with Crippen LogP contribution in [0.5, 0.6) is 0 Å². The number of amides is 2.